The molecule has 0 saturated heterocycles. The number of hydrogen-bond donors (Lipinski definition) is 2. The number of nitrogens with one attached hydrogen (secondary N) is 2. The Morgan fingerprint density at radius 1 is 0.839 bits per heavy atom. The Morgan fingerprint density at radius 3 is 2.23 bits per heavy atom. The van der Waals surface area contributed by atoms with Crippen molar-refractivity contribution in [3.63, 3.8) is 0 Å². The zero-order chi connectivity index (χ0) is 22.2. The van der Waals surface area contributed by atoms with Crippen LogP contribution in [0.25, 0.3) is 10.9 Å². The highest BCUT2D eigenvalue weighted by atomic mass is 35.5. The van der Waals surface area contributed by atoms with Crippen molar-refractivity contribution < 1.29 is 17.9 Å². The van der Waals surface area contributed by atoms with Crippen molar-refractivity contribution in [2.75, 3.05) is 0 Å². The van der Waals surface area contributed by atoms with Gasteiger partial charge in [0, 0.05) is 22.0 Å². The standard InChI is InChI=1S/C21H13Cl3N2O4S/c22-13-1-5-16(6-2-13)31(28,29)26-21(27)20-10-12-9-14(4-8-19(12)25-20)30-15-3-7-17(23)18(24)11-15/h1-11,25H,(H,26,27). The van der Waals surface area contributed by atoms with Gasteiger partial charge in [-0.1, -0.05) is 34.8 Å². The Bertz CT molecular complexity index is 1400. The summed E-state index contributed by atoms with van der Waals surface area (Å²) in [5, 5.41) is 1.83. The molecule has 4 aromatic rings. The molecule has 1 heterocycles. The molecule has 31 heavy (non-hydrogen) atoms. The maximum atomic E-state index is 12.5. The molecule has 0 radical (unpaired) electrons. The van der Waals surface area contributed by atoms with Crippen molar-refractivity contribution in [3.8, 4) is 11.5 Å². The molecule has 6 nitrogen and oxygen atoms in total. The summed E-state index contributed by atoms with van der Waals surface area (Å²) in [5.41, 5.74) is 0.717. The number of hydrogen-bond acceptors (Lipinski definition) is 4. The number of amides is 1. The second-order valence-corrected chi connectivity index (χ2v) is 9.43. The highest BCUT2D eigenvalue weighted by Gasteiger charge is 2.20. The number of aromatic amines is 1. The van der Waals surface area contributed by atoms with Crippen LogP contribution >= 0.6 is 34.8 Å². The SMILES string of the molecule is O=C(NS(=O)(=O)c1ccc(Cl)cc1)c1cc2cc(Oc3ccc(Cl)c(Cl)c3)ccc2[nH]1. The molecule has 0 aliphatic carbocycles. The van der Waals surface area contributed by atoms with Crippen molar-refractivity contribution in [2.24, 2.45) is 0 Å². The first-order valence-corrected chi connectivity index (χ1v) is 11.4. The number of sulfonamides is 1. The minimum Gasteiger partial charge on any atom is -0.457 e. The minimum atomic E-state index is -4.04. The van der Waals surface area contributed by atoms with Crippen LogP contribution in [0.1, 0.15) is 10.5 Å². The van der Waals surface area contributed by atoms with Crippen LogP contribution in [0.15, 0.2) is 71.6 Å². The number of ether oxygens (including phenoxy) is 1. The van der Waals surface area contributed by atoms with Crippen LogP contribution in [-0.4, -0.2) is 19.3 Å². The lowest BCUT2D eigenvalue weighted by atomic mass is 10.2. The Labute approximate surface area is 192 Å². The van der Waals surface area contributed by atoms with Crippen LogP contribution < -0.4 is 9.46 Å². The van der Waals surface area contributed by atoms with E-state index in [9.17, 15) is 13.2 Å². The number of carbonyl (C=O) groups excluding carboxylic acids is 1. The van der Waals surface area contributed by atoms with Gasteiger partial charge in [0.05, 0.1) is 14.9 Å². The van der Waals surface area contributed by atoms with Gasteiger partial charge in [-0.2, -0.15) is 0 Å². The molecular weight excluding hydrogens is 483 g/mol. The van der Waals surface area contributed by atoms with Crippen LogP contribution in [0.2, 0.25) is 15.1 Å². The van der Waals surface area contributed by atoms with Gasteiger partial charge < -0.3 is 9.72 Å². The Hall–Kier alpha value is -2.71. The molecule has 2 N–H and O–H groups in total. The van der Waals surface area contributed by atoms with Gasteiger partial charge in [0.2, 0.25) is 0 Å². The first-order valence-electron chi connectivity index (χ1n) is 8.80. The molecule has 0 bridgehead atoms. The molecule has 1 aromatic heterocycles. The predicted molar refractivity (Wildman–Crippen MR) is 121 cm³/mol. The average Bonchev–Trinajstić information content (AvgIpc) is 3.14. The van der Waals surface area contributed by atoms with Gasteiger partial charge in [0.15, 0.2) is 0 Å². The molecule has 158 valence electrons. The third-order valence-electron chi connectivity index (χ3n) is 4.31. The van der Waals surface area contributed by atoms with E-state index in [2.05, 4.69) is 4.98 Å². The highest BCUT2D eigenvalue weighted by molar-refractivity contribution is 7.90. The van der Waals surface area contributed by atoms with E-state index >= 15 is 0 Å². The number of halogens is 3. The van der Waals surface area contributed by atoms with Gasteiger partial charge in [0.25, 0.3) is 15.9 Å². The van der Waals surface area contributed by atoms with E-state index in [1.54, 1.807) is 36.4 Å². The van der Waals surface area contributed by atoms with Crippen molar-refractivity contribution in [2.45, 2.75) is 4.90 Å². The fourth-order valence-corrected chi connectivity index (χ4v) is 4.20. The molecule has 4 rings (SSSR count). The molecule has 0 fully saturated rings. The van der Waals surface area contributed by atoms with Crippen LogP contribution in [-0.2, 0) is 10.0 Å². The van der Waals surface area contributed by atoms with E-state index in [0.717, 1.165) is 0 Å². The van der Waals surface area contributed by atoms with Gasteiger partial charge in [0.1, 0.15) is 17.2 Å². The van der Waals surface area contributed by atoms with Gasteiger partial charge in [-0.25, -0.2) is 13.1 Å². The fraction of sp³-hybridized carbons (Fsp3) is 0. The largest absolute Gasteiger partial charge is 0.457 e. The molecule has 0 aliphatic heterocycles. The van der Waals surface area contributed by atoms with Crippen LogP contribution in [0.5, 0.6) is 11.5 Å². The third kappa shape index (κ3) is 4.80. The molecule has 0 saturated carbocycles. The smallest absolute Gasteiger partial charge is 0.281 e. The van der Waals surface area contributed by atoms with E-state index in [-0.39, 0.29) is 10.6 Å². The number of benzene rings is 3. The van der Waals surface area contributed by atoms with Gasteiger partial charge in [-0.3, -0.25) is 4.79 Å². The average molecular weight is 496 g/mol. The first-order chi connectivity index (χ1) is 14.7. The van der Waals surface area contributed by atoms with Crippen molar-refractivity contribution >= 4 is 61.6 Å². The fourth-order valence-electron chi connectivity index (χ4n) is 2.82. The summed E-state index contributed by atoms with van der Waals surface area (Å²) in [6, 6.07) is 17.0. The minimum absolute atomic E-state index is 0.0707. The number of aromatic nitrogens is 1. The van der Waals surface area contributed by atoms with Crippen LogP contribution in [0.4, 0.5) is 0 Å². The summed E-state index contributed by atoms with van der Waals surface area (Å²) >= 11 is 17.7. The summed E-state index contributed by atoms with van der Waals surface area (Å²) in [4.78, 5) is 15.3. The summed E-state index contributed by atoms with van der Waals surface area (Å²) in [6.07, 6.45) is 0. The maximum absolute atomic E-state index is 12.5. The van der Waals surface area contributed by atoms with E-state index < -0.39 is 15.9 Å². The highest BCUT2D eigenvalue weighted by Crippen LogP contribution is 2.31. The second kappa shape index (κ2) is 8.43. The zero-order valence-corrected chi connectivity index (χ0v) is 18.6. The lowest BCUT2D eigenvalue weighted by molar-refractivity contribution is 0.0977. The molecule has 0 atom stereocenters. The van der Waals surface area contributed by atoms with Gasteiger partial charge >= 0.3 is 0 Å². The monoisotopic (exact) mass is 494 g/mol. The van der Waals surface area contributed by atoms with E-state index in [4.69, 9.17) is 39.5 Å². The Balaban J connectivity index is 1.55. The molecule has 10 heteroatoms. The molecule has 3 aromatic carbocycles. The van der Waals surface area contributed by atoms with Crippen LogP contribution in [0, 0.1) is 0 Å². The van der Waals surface area contributed by atoms with Gasteiger partial charge in [-0.15, -0.1) is 0 Å². The molecule has 0 aliphatic rings. The number of H-pyrrole nitrogens is 1. The molecular formula is C21H13Cl3N2O4S. The second-order valence-electron chi connectivity index (χ2n) is 6.50. The maximum Gasteiger partial charge on any atom is 0.281 e. The van der Waals surface area contributed by atoms with E-state index in [1.165, 1.54) is 30.3 Å². The summed E-state index contributed by atoms with van der Waals surface area (Å²) in [5.74, 6) is 0.208. The van der Waals surface area contributed by atoms with Gasteiger partial charge in [-0.05, 0) is 60.7 Å². The third-order valence-corrected chi connectivity index (χ3v) is 6.65. The van der Waals surface area contributed by atoms with Crippen molar-refractivity contribution in [1.29, 1.82) is 0 Å². The lowest BCUT2D eigenvalue weighted by Gasteiger charge is -2.06. The lowest BCUT2D eigenvalue weighted by Crippen LogP contribution is -2.30. The summed E-state index contributed by atoms with van der Waals surface area (Å²) < 4.78 is 32.7. The first kappa shape index (κ1) is 21.5. The number of rotatable bonds is 5. The summed E-state index contributed by atoms with van der Waals surface area (Å²) in [6.45, 7) is 0. The Morgan fingerprint density at radius 2 is 1.52 bits per heavy atom. The zero-order valence-electron chi connectivity index (χ0n) is 15.5. The van der Waals surface area contributed by atoms with E-state index in [1.807, 2.05) is 4.72 Å². The molecule has 0 spiro atoms. The van der Waals surface area contributed by atoms with Crippen molar-refractivity contribution in [1.82, 2.24) is 9.71 Å². The molecule has 1 amide bonds. The topological polar surface area (TPSA) is 88.3 Å². The number of fused-ring (bicyclic) bond motifs is 1. The Kier molecular flexibility index (Phi) is 5.85. The summed E-state index contributed by atoms with van der Waals surface area (Å²) in [7, 11) is -4.04. The quantitative estimate of drug-likeness (QED) is 0.353. The molecule has 0 unspecified atom stereocenters. The number of carbonyl (C=O) groups is 1. The normalized spacial score (nSPS) is 11.5. The van der Waals surface area contributed by atoms with Crippen LogP contribution in [0.3, 0.4) is 0 Å². The van der Waals surface area contributed by atoms with E-state index in [0.29, 0.717) is 37.5 Å². The van der Waals surface area contributed by atoms with Crippen molar-refractivity contribution in [3.05, 3.63) is 87.5 Å². The predicted octanol–water partition coefficient (Wildman–Crippen LogP) is 6.04.